The Kier molecular flexibility index (Phi) is 8.53. The van der Waals surface area contributed by atoms with Crippen molar-refractivity contribution in [2.75, 3.05) is 27.9 Å². The van der Waals surface area contributed by atoms with E-state index in [2.05, 4.69) is 12.2 Å². The highest BCUT2D eigenvalue weighted by Crippen LogP contribution is 2.35. The molecule has 0 saturated heterocycles. The fourth-order valence-electron chi connectivity index (χ4n) is 3.06. The van der Waals surface area contributed by atoms with E-state index in [9.17, 15) is 9.59 Å². The lowest BCUT2D eigenvalue weighted by atomic mass is 9.96. The van der Waals surface area contributed by atoms with Crippen LogP contribution in [0.25, 0.3) is 0 Å². The average Bonchev–Trinajstić information content (AvgIpc) is 2.78. The molecule has 0 unspecified atom stereocenters. The maximum absolute atomic E-state index is 12.6. The number of methoxy groups -OCH3 is 3. The highest BCUT2D eigenvalue weighted by atomic mass is 16.6. The van der Waals surface area contributed by atoms with Crippen LogP contribution in [0.3, 0.4) is 0 Å². The van der Waals surface area contributed by atoms with Gasteiger partial charge in [0.05, 0.1) is 21.3 Å². The van der Waals surface area contributed by atoms with E-state index in [1.807, 2.05) is 30.3 Å². The SMILES string of the molecule is CC[C@H](CNC(=O)[C@@H](C)OC(=O)c1cc(OC)c(OC)cc1OC)c1ccccc1. The number of carbonyl (C=O) groups excluding carboxylic acids is 2. The molecule has 7 heteroatoms. The van der Waals surface area contributed by atoms with Gasteiger partial charge in [0.15, 0.2) is 17.6 Å². The van der Waals surface area contributed by atoms with Gasteiger partial charge < -0.3 is 24.3 Å². The predicted octanol–water partition coefficient (Wildman–Crippen LogP) is 3.57. The van der Waals surface area contributed by atoms with Crippen molar-refractivity contribution in [2.45, 2.75) is 32.3 Å². The van der Waals surface area contributed by atoms with Crippen molar-refractivity contribution < 1.29 is 28.5 Å². The van der Waals surface area contributed by atoms with Crippen LogP contribution in [-0.2, 0) is 9.53 Å². The first kappa shape index (κ1) is 23.1. The molecule has 7 nitrogen and oxygen atoms in total. The number of esters is 1. The normalized spacial score (nSPS) is 12.4. The van der Waals surface area contributed by atoms with E-state index in [1.165, 1.54) is 40.4 Å². The van der Waals surface area contributed by atoms with Gasteiger partial charge in [-0.1, -0.05) is 37.3 Å². The molecule has 0 fully saturated rings. The molecule has 30 heavy (non-hydrogen) atoms. The van der Waals surface area contributed by atoms with E-state index in [0.717, 1.165) is 12.0 Å². The summed E-state index contributed by atoms with van der Waals surface area (Å²) in [5.41, 5.74) is 1.30. The van der Waals surface area contributed by atoms with E-state index in [-0.39, 0.29) is 23.1 Å². The molecule has 0 spiro atoms. The lowest BCUT2D eigenvalue weighted by molar-refractivity contribution is -0.129. The summed E-state index contributed by atoms with van der Waals surface area (Å²) in [6.07, 6.45) is -0.0926. The molecule has 0 radical (unpaired) electrons. The minimum absolute atomic E-state index is 0.144. The maximum atomic E-state index is 12.6. The third-order valence-electron chi connectivity index (χ3n) is 4.87. The molecule has 0 aliphatic heterocycles. The fraction of sp³-hybridized carbons (Fsp3) is 0.391. The molecule has 0 aliphatic carbocycles. The average molecular weight is 415 g/mol. The van der Waals surface area contributed by atoms with Crippen molar-refractivity contribution >= 4 is 11.9 Å². The van der Waals surface area contributed by atoms with Crippen molar-refractivity contribution in [3.63, 3.8) is 0 Å². The molecule has 2 rings (SSSR count). The van der Waals surface area contributed by atoms with Gasteiger partial charge in [0.25, 0.3) is 5.91 Å². The smallest absolute Gasteiger partial charge is 0.342 e. The van der Waals surface area contributed by atoms with Crippen molar-refractivity contribution in [3.8, 4) is 17.2 Å². The number of rotatable bonds is 10. The van der Waals surface area contributed by atoms with Gasteiger partial charge in [0.1, 0.15) is 11.3 Å². The molecule has 0 saturated carbocycles. The number of hydrogen-bond acceptors (Lipinski definition) is 6. The Bertz CT molecular complexity index is 852. The second-order valence-electron chi connectivity index (χ2n) is 6.72. The summed E-state index contributed by atoms with van der Waals surface area (Å²) in [6.45, 7) is 4.06. The maximum Gasteiger partial charge on any atom is 0.342 e. The van der Waals surface area contributed by atoms with Crippen LogP contribution < -0.4 is 19.5 Å². The summed E-state index contributed by atoms with van der Waals surface area (Å²) in [6, 6.07) is 13.0. The summed E-state index contributed by atoms with van der Waals surface area (Å²) < 4.78 is 21.1. The molecular weight excluding hydrogens is 386 g/mol. The Morgan fingerprint density at radius 2 is 1.53 bits per heavy atom. The summed E-state index contributed by atoms with van der Waals surface area (Å²) in [4.78, 5) is 25.1. The quantitative estimate of drug-likeness (QED) is 0.598. The molecule has 2 aromatic carbocycles. The number of amides is 1. The van der Waals surface area contributed by atoms with Gasteiger partial charge in [-0.05, 0) is 18.9 Å². The van der Waals surface area contributed by atoms with Crippen LogP contribution in [-0.4, -0.2) is 45.9 Å². The zero-order valence-electron chi connectivity index (χ0n) is 18.1. The number of ether oxygens (including phenoxy) is 4. The number of benzene rings is 2. The summed E-state index contributed by atoms with van der Waals surface area (Å²) in [5.74, 6) is 0.173. The van der Waals surface area contributed by atoms with Gasteiger partial charge in [0, 0.05) is 24.6 Å². The van der Waals surface area contributed by atoms with E-state index in [0.29, 0.717) is 18.0 Å². The molecule has 0 aliphatic rings. The molecular formula is C23H29NO6. The van der Waals surface area contributed by atoms with Crippen LogP contribution in [0, 0.1) is 0 Å². The molecule has 0 heterocycles. The highest BCUT2D eigenvalue weighted by Gasteiger charge is 2.24. The number of carbonyl (C=O) groups is 2. The molecule has 162 valence electrons. The molecule has 1 N–H and O–H groups in total. The summed E-state index contributed by atoms with van der Waals surface area (Å²) in [7, 11) is 4.38. The van der Waals surface area contributed by atoms with E-state index in [1.54, 1.807) is 0 Å². The lowest BCUT2D eigenvalue weighted by Crippen LogP contribution is -2.38. The van der Waals surface area contributed by atoms with Crippen molar-refractivity contribution in [3.05, 3.63) is 53.6 Å². The van der Waals surface area contributed by atoms with Crippen LogP contribution >= 0.6 is 0 Å². The first-order valence-corrected chi connectivity index (χ1v) is 9.78. The zero-order chi connectivity index (χ0) is 22.1. The van der Waals surface area contributed by atoms with Crippen LogP contribution in [0.2, 0.25) is 0 Å². The minimum atomic E-state index is -0.969. The molecule has 1 amide bonds. The van der Waals surface area contributed by atoms with E-state index in [4.69, 9.17) is 18.9 Å². The largest absolute Gasteiger partial charge is 0.496 e. The Balaban J connectivity index is 2.03. The minimum Gasteiger partial charge on any atom is -0.496 e. The topological polar surface area (TPSA) is 83.1 Å². The van der Waals surface area contributed by atoms with Gasteiger partial charge in [-0.25, -0.2) is 4.79 Å². The molecule has 2 atom stereocenters. The van der Waals surface area contributed by atoms with Gasteiger partial charge >= 0.3 is 5.97 Å². The predicted molar refractivity (Wildman–Crippen MR) is 113 cm³/mol. The summed E-state index contributed by atoms with van der Waals surface area (Å²) >= 11 is 0. The number of nitrogens with one attached hydrogen (secondary N) is 1. The lowest BCUT2D eigenvalue weighted by Gasteiger charge is -2.19. The van der Waals surface area contributed by atoms with Gasteiger partial charge in [-0.3, -0.25) is 4.79 Å². The second kappa shape index (κ2) is 11.1. The fourth-order valence-corrected chi connectivity index (χ4v) is 3.06. The van der Waals surface area contributed by atoms with E-state index >= 15 is 0 Å². The number of hydrogen-bond donors (Lipinski definition) is 1. The third kappa shape index (κ3) is 5.65. The van der Waals surface area contributed by atoms with Gasteiger partial charge in [0.2, 0.25) is 0 Å². The van der Waals surface area contributed by atoms with Gasteiger partial charge in [-0.15, -0.1) is 0 Å². The molecule has 2 aromatic rings. The zero-order valence-corrected chi connectivity index (χ0v) is 18.1. The highest BCUT2D eigenvalue weighted by molar-refractivity contribution is 5.95. The first-order chi connectivity index (χ1) is 14.4. The molecule has 0 bridgehead atoms. The van der Waals surface area contributed by atoms with Crippen LogP contribution in [0.4, 0.5) is 0 Å². The Hall–Kier alpha value is -3.22. The van der Waals surface area contributed by atoms with Crippen LogP contribution in [0.5, 0.6) is 17.2 Å². The van der Waals surface area contributed by atoms with Gasteiger partial charge in [-0.2, -0.15) is 0 Å². The second-order valence-corrected chi connectivity index (χ2v) is 6.72. The Morgan fingerprint density at radius 1 is 0.933 bits per heavy atom. The van der Waals surface area contributed by atoms with Crippen molar-refractivity contribution in [1.82, 2.24) is 5.32 Å². The Labute approximate surface area is 177 Å². The van der Waals surface area contributed by atoms with E-state index < -0.39 is 12.1 Å². The monoisotopic (exact) mass is 415 g/mol. The van der Waals surface area contributed by atoms with Crippen molar-refractivity contribution in [2.24, 2.45) is 0 Å². The van der Waals surface area contributed by atoms with Crippen LogP contribution in [0.1, 0.15) is 42.1 Å². The third-order valence-corrected chi connectivity index (χ3v) is 4.87. The first-order valence-electron chi connectivity index (χ1n) is 9.78. The summed E-state index contributed by atoms with van der Waals surface area (Å²) in [5, 5.41) is 2.87. The molecule has 0 aromatic heterocycles. The van der Waals surface area contributed by atoms with Crippen molar-refractivity contribution in [1.29, 1.82) is 0 Å². The van der Waals surface area contributed by atoms with Crippen LogP contribution in [0.15, 0.2) is 42.5 Å². The standard InChI is InChI=1S/C23H29NO6/c1-6-16(17-10-8-7-9-11-17)14-24-22(25)15(2)30-23(26)18-12-20(28-4)21(29-5)13-19(18)27-3/h7-13,15-16H,6,14H2,1-5H3,(H,24,25)/t15-,16-/m1/s1. The Morgan fingerprint density at radius 3 is 2.10 bits per heavy atom.